The minimum atomic E-state index is -0.791. The highest BCUT2D eigenvalue weighted by molar-refractivity contribution is 6.02. The van der Waals surface area contributed by atoms with E-state index in [4.69, 9.17) is 14.0 Å². The Morgan fingerprint density at radius 3 is 3.00 bits per heavy atom. The number of ether oxygens (including phenoxy) is 2. The Morgan fingerprint density at radius 2 is 2.24 bits per heavy atom. The minimum absolute atomic E-state index is 0.164. The lowest BCUT2D eigenvalue weighted by Gasteiger charge is -2.23. The summed E-state index contributed by atoms with van der Waals surface area (Å²) in [5, 5.41) is 6.91. The molecule has 0 unspecified atom stereocenters. The first kappa shape index (κ1) is 17.9. The summed E-state index contributed by atoms with van der Waals surface area (Å²) in [7, 11) is 1.59. The number of amides is 2. The lowest BCUT2D eigenvalue weighted by Crippen LogP contribution is -2.44. The third kappa shape index (κ3) is 2.66. The quantitative estimate of drug-likeness (QED) is 0.773. The number of aryl methyl sites for hydroxylation is 1. The molecule has 2 bridgehead atoms. The molecular formula is C21H21N3O5. The summed E-state index contributed by atoms with van der Waals surface area (Å²) in [6.45, 7) is 2.41. The highest BCUT2D eigenvalue weighted by atomic mass is 16.5. The lowest BCUT2D eigenvalue weighted by atomic mass is 9.77. The number of carbonyl (C=O) groups excluding carboxylic acids is 2. The van der Waals surface area contributed by atoms with Gasteiger partial charge in [0, 0.05) is 18.2 Å². The molecule has 8 heteroatoms. The molecule has 150 valence electrons. The normalized spacial score (nSPS) is 29.4. The minimum Gasteiger partial charge on any atom is -0.496 e. The predicted octanol–water partition coefficient (Wildman–Crippen LogP) is 1.59. The topological polar surface area (TPSA) is 93.9 Å². The number of nitrogens with one attached hydrogen (secondary N) is 1. The molecule has 8 nitrogen and oxygen atoms in total. The van der Waals surface area contributed by atoms with E-state index in [0.29, 0.717) is 30.4 Å². The van der Waals surface area contributed by atoms with Crippen molar-refractivity contribution in [3.8, 4) is 5.75 Å². The van der Waals surface area contributed by atoms with Crippen molar-refractivity contribution in [2.24, 2.45) is 11.8 Å². The van der Waals surface area contributed by atoms with Gasteiger partial charge in [-0.15, -0.1) is 0 Å². The number of nitrogens with zero attached hydrogens (tertiary/aromatic N) is 2. The SMILES string of the molecule is COc1ccccc1CNC(=O)[C@@H]1[C@H]2C(=O)N(c3cc(C)on3)C[C@]23C=C[C@H]1O3. The summed E-state index contributed by atoms with van der Waals surface area (Å²) >= 11 is 0. The van der Waals surface area contributed by atoms with Crippen LogP contribution < -0.4 is 15.0 Å². The van der Waals surface area contributed by atoms with Gasteiger partial charge in [0.15, 0.2) is 5.82 Å². The van der Waals surface area contributed by atoms with Crippen molar-refractivity contribution in [2.75, 3.05) is 18.6 Å². The van der Waals surface area contributed by atoms with E-state index in [2.05, 4.69) is 10.5 Å². The number of aromatic nitrogens is 1. The van der Waals surface area contributed by atoms with Crippen molar-refractivity contribution in [3.63, 3.8) is 0 Å². The van der Waals surface area contributed by atoms with Crippen LogP contribution in [-0.2, 0) is 20.9 Å². The van der Waals surface area contributed by atoms with Crippen LogP contribution in [0.5, 0.6) is 5.75 Å². The number of benzene rings is 1. The average molecular weight is 395 g/mol. The number of carbonyl (C=O) groups is 2. The summed E-state index contributed by atoms with van der Waals surface area (Å²) in [6.07, 6.45) is 3.40. The smallest absolute Gasteiger partial charge is 0.235 e. The van der Waals surface area contributed by atoms with Crippen LogP contribution in [0, 0.1) is 18.8 Å². The van der Waals surface area contributed by atoms with Crippen LogP contribution in [-0.4, -0.2) is 42.3 Å². The maximum Gasteiger partial charge on any atom is 0.235 e. The Hall–Kier alpha value is -3.13. The van der Waals surface area contributed by atoms with Crippen molar-refractivity contribution >= 4 is 17.6 Å². The molecule has 0 radical (unpaired) electrons. The van der Waals surface area contributed by atoms with Crippen LogP contribution >= 0.6 is 0 Å². The second kappa shape index (κ2) is 6.45. The molecule has 3 aliphatic rings. The van der Waals surface area contributed by atoms with E-state index in [1.807, 2.05) is 36.4 Å². The van der Waals surface area contributed by atoms with Gasteiger partial charge in [0.25, 0.3) is 0 Å². The molecule has 2 saturated heterocycles. The molecule has 29 heavy (non-hydrogen) atoms. The van der Waals surface area contributed by atoms with E-state index < -0.39 is 23.5 Å². The van der Waals surface area contributed by atoms with E-state index in [9.17, 15) is 9.59 Å². The van der Waals surface area contributed by atoms with Crippen LogP contribution in [0.15, 0.2) is 47.0 Å². The number of hydrogen-bond acceptors (Lipinski definition) is 6. The first-order valence-corrected chi connectivity index (χ1v) is 9.54. The first-order valence-electron chi connectivity index (χ1n) is 9.54. The van der Waals surface area contributed by atoms with Crippen molar-refractivity contribution in [1.29, 1.82) is 0 Å². The number of anilines is 1. The Bertz CT molecular complexity index is 1020. The van der Waals surface area contributed by atoms with E-state index in [1.54, 1.807) is 25.0 Å². The predicted molar refractivity (Wildman–Crippen MR) is 102 cm³/mol. The monoisotopic (exact) mass is 395 g/mol. The van der Waals surface area contributed by atoms with Gasteiger partial charge in [-0.05, 0) is 13.0 Å². The van der Waals surface area contributed by atoms with E-state index >= 15 is 0 Å². The van der Waals surface area contributed by atoms with Gasteiger partial charge in [0.05, 0.1) is 31.6 Å². The molecule has 0 aliphatic carbocycles. The third-order valence-corrected chi connectivity index (χ3v) is 5.94. The Balaban J connectivity index is 1.37. The van der Waals surface area contributed by atoms with Crippen LogP contribution in [0.25, 0.3) is 0 Å². The molecule has 2 aromatic rings. The number of para-hydroxylation sites is 1. The molecule has 3 aliphatic heterocycles. The summed E-state index contributed by atoms with van der Waals surface area (Å²) < 4.78 is 16.6. The van der Waals surface area contributed by atoms with Gasteiger partial charge in [-0.1, -0.05) is 35.5 Å². The fourth-order valence-electron chi connectivity index (χ4n) is 4.62. The Morgan fingerprint density at radius 1 is 1.41 bits per heavy atom. The van der Waals surface area contributed by atoms with Crippen LogP contribution in [0.3, 0.4) is 0 Å². The molecule has 1 aromatic heterocycles. The molecule has 0 saturated carbocycles. The molecule has 1 spiro atoms. The molecule has 1 N–H and O–H groups in total. The van der Waals surface area contributed by atoms with Gasteiger partial charge >= 0.3 is 0 Å². The van der Waals surface area contributed by atoms with Crippen LogP contribution in [0.4, 0.5) is 5.82 Å². The Labute approximate surface area is 167 Å². The summed E-state index contributed by atoms with van der Waals surface area (Å²) in [5.74, 6) is 0.246. The van der Waals surface area contributed by atoms with Crippen molar-refractivity contribution in [2.45, 2.75) is 25.2 Å². The number of methoxy groups -OCH3 is 1. The van der Waals surface area contributed by atoms with Gasteiger partial charge in [-0.2, -0.15) is 0 Å². The van der Waals surface area contributed by atoms with E-state index in [1.165, 1.54) is 0 Å². The van der Waals surface area contributed by atoms with Gasteiger partial charge in [-0.3, -0.25) is 14.5 Å². The summed E-state index contributed by atoms with van der Waals surface area (Å²) in [4.78, 5) is 27.8. The first-order chi connectivity index (χ1) is 14.0. The molecule has 1 aromatic carbocycles. The summed E-state index contributed by atoms with van der Waals surface area (Å²) in [6, 6.07) is 9.22. The van der Waals surface area contributed by atoms with Crippen LogP contribution in [0.2, 0.25) is 0 Å². The zero-order chi connectivity index (χ0) is 20.2. The number of hydrogen-bond donors (Lipinski definition) is 1. The zero-order valence-electron chi connectivity index (χ0n) is 16.1. The maximum atomic E-state index is 13.2. The fraction of sp³-hybridized carbons (Fsp3) is 0.381. The molecule has 2 amide bonds. The van der Waals surface area contributed by atoms with Gasteiger partial charge in [-0.25, -0.2) is 0 Å². The Kier molecular flexibility index (Phi) is 3.99. The van der Waals surface area contributed by atoms with Crippen molar-refractivity contribution in [3.05, 3.63) is 53.8 Å². The number of fused-ring (bicyclic) bond motifs is 1. The lowest BCUT2D eigenvalue weighted by molar-refractivity contribution is -0.132. The standard InChI is InChI=1S/C21H21N3O5/c1-12-9-16(23-29-12)24-11-21-8-7-15(28-21)17(18(21)20(24)26)19(25)22-10-13-5-3-4-6-14(13)27-2/h3-9,15,17-18H,10-11H2,1-2H3,(H,22,25)/t15-,17+,18+,21-/m1/s1. The van der Waals surface area contributed by atoms with Crippen molar-refractivity contribution < 1.29 is 23.6 Å². The second-order valence-electron chi connectivity index (χ2n) is 7.65. The zero-order valence-corrected chi connectivity index (χ0v) is 16.1. The van der Waals surface area contributed by atoms with E-state index in [-0.39, 0.29) is 11.8 Å². The molecular weight excluding hydrogens is 374 g/mol. The third-order valence-electron chi connectivity index (χ3n) is 5.94. The highest BCUT2D eigenvalue weighted by Gasteiger charge is 2.67. The summed E-state index contributed by atoms with van der Waals surface area (Å²) in [5.41, 5.74) is 0.0799. The second-order valence-corrected chi connectivity index (χ2v) is 7.65. The fourth-order valence-corrected chi connectivity index (χ4v) is 4.62. The number of rotatable bonds is 5. The van der Waals surface area contributed by atoms with Crippen molar-refractivity contribution in [1.82, 2.24) is 10.5 Å². The van der Waals surface area contributed by atoms with Gasteiger partial charge in [0.2, 0.25) is 11.8 Å². The van der Waals surface area contributed by atoms with Gasteiger partial charge in [0.1, 0.15) is 17.1 Å². The average Bonchev–Trinajstić information content (AvgIpc) is 3.47. The maximum absolute atomic E-state index is 13.2. The van der Waals surface area contributed by atoms with Crippen LogP contribution in [0.1, 0.15) is 11.3 Å². The largest absolute Gasteiger partial charge is 0.496 e. The van der Waals surface area contributed by atoms with E-state index in [0.717, 1.165) is 5.56 Å². The molecule has 5 rings (SSSR count). The molecule has 4 heterocycles. The molecule has 2 fully saturated rings. The van der Waals surface area contributed by atoms with Gasteiger partial charge < -0.3 is 19.3 Å². The highest BCUT2D eigenvalue weighted by Crippen LogP contribution is 2.52. The molecule has 4 atom stereocenters.